The molecule has 4 nitrogen and oxygen atoms in total. The summed E-state index contributed by atoms with van der Waals surface area (Å²) in [7, 11) is 0. The van der Waals surface area contributed by atoms with Gasteiger partial charge in [0.05, 0.1) is 11.1 Å². The molecule has 1 aromatic rings. The largest absolute Gasteiger partial charge is 0.456 e. The van der Waals surface area contributed by atoms with Crippen LogP contribution in [-0.4, -0.2) is 11.6 Å². The van der Waals surface area contributed by atoms with Crippen LogP contribution in [0.2, 0.25) is 0 Å². The molecular formula is C12H14N2O2. The summed E-state index contributed by atoms with van der Waals surface area (Å²) in [6.45, 7) is 5.32. The van der Waals surface area contributed by atoms with E-state index in [1.54, 1.807) is 26.8 Å². The molecule has 0 unspecified atom stereocenters. The SMILES string of the molecule is CC(C)(C)OC(=O)c1ccc(N)cc1C#N. The Hall–Kier alpha value is -2.02. The number of carbonyl (C=O) groups is 1. The second-order valence-corrected chi connectivity index (χ2v) is 4.42. The van der Waals surface area contributed by atoms with Gasteiger partial charge in [-0.25, -0.2) is 4.79 Å². The molecule has 1 rings (SSSR count). The van der Waals surface area contributed by atoms with Crippen LogP contribution in [0.5, 0.6) is 0 Å². The minimum absolute atomic E-state index is 0.231. The quantitative estimate of drug-likeness (QED) is 0.578. The van der Waals surface area contributed by atoms with E-state index in [0.717, 1.165) is 0 Å². The monoisotopic (exact) mass is 218 g/mol. The van der Waals surface area contributed by atoms with Gasteiger partial charge in [0.25, 0.3) is 0 Å². The van der Waals surface area contributed by atoms with Crippen molar-refractivity contribution in [2.45, 2.75) is 26.4 Å². The van der Waals surface area contributed by atoms with Crippen LogP contribution in [0, 0.1) is 11.3 Å². The number of benzene rings is 1. The van der Waals surface area contributed by atoms with E-state index in [1.165, 1.54) is 12.1 Å². The minimum Gasteiger partial charge on any atom is -0.456 e. The first-order chi connectivity index (χ1) is 7.33. The van der Waals surface area contributed by atoms with Crippen LogP contribution in [0.4, 0.5) is 5.69 Å². The lowest BCUT2D eigenvalue weighted by Crippen LogP contribution is -2.24. The van der Waals surface area contributed by atoms with Crippen LogP contribution in [0.1, 0.15) is 36.7 Å². The Balaban J connectivity index is 3.06. The van der Waals surface area contributed by atoms with E-state index in [9.17, 15) is 4.79 Å². The number of rotatable bonds is 1. The van der Waals surface area contributed by atoms with Crippen LogP contribution >= 0.6 is 0 Å². The van der Waals surface area contributed by atoms with Crippen LogP contribution < -0.4 is 5.73 Å². The third-order valence-corrected chi connectivity index (χ3v) is 1.78. The number of nitriles is 1. The lowest BCUT2D eigenvalue weighted by Gasteiger charge is -2.19. The van der Waals surface area contributed by atoms with E-state index in [0.29, 0.717) is 5.69 Å². The summed E-state index contributed by atoms with van der Waals surface area (Å²) in [6.07, 6.45) is 0. The molecule has 0 saturated carbocycles. The average molecular weight is 218 g/mol. The summed E-state index contributed by atoms with van der Waals surface area (Å²) in [5, 5.41) is 8.88. The van der Waals surface area contributed by atoms with E-state index in [2.05, 4.69) is 0 Å². The van der Waals surface area contributed by atoms with Crippen molar-refractivity contribution in [1.82, 2.24) is 0 Å². The molecule has 0 radical (unpaired) electrons. The van der Waals surface area contributed by atoms with Crippen molar-refractivity contribution in [3.63, 3.8) is 0 Å². The second kappa shape index (κ2) is 4.23. The molecule has 1 aromatic carbocycles. The number of nitrogen functional groups attached to an aromatic ring is 1. The molecule has 84 valence electrons. The van der Waals surface area contributed by atoms with Crippen molar-refractivity contribution in [3.8, 4) is 6.07 Å². The predicted molar refractivity (Wildman–Crippen MR) is 60.7 cm³/mol. The third kappa shape index (κ3) is 2.99. The van der Waals surface area contributed by atoms with E-state index >= 15 is 0 Å². The topological polar surface area (TPSA) is 76.1 Å². The van der Waals surface area contributed by atoms with Gasteiger partial charge in [-0.15, -0.1) is 0 Å². The van der Waals surface area contributed by atoms with E-state index in [4.69, 9.17) is 15.7 Å². The van der Waals surface area contributed by atoms with Crippen molar-refractivity contribution in [2.24, 2.45) is 0 Å². The molecule has 0 atom stereocenters. The van der Waals surface area contributed by atoms with Crippen molar-refractivity contribution in [2.75, 3.05) is 5.73 Å². The normalized spacial score (nSPS) is 10.6. The lowest BCUT2D eigenvalue weighted by atomic mass is 10.1. The Morgan fingerprint density at radius 3 is 2.56 bits per heavy atom. The van der Waals surface area contributed by atoms with Gasteiger partial charge in [0.1, 0.15) is 11.7 Å². The number of hydrogen-bond acceptors (Lipinski definition) is 4. The first-order valence-corrected chi connectivity index (χ1v) is 4.86. The van der Waals surface area contributed by atoms with Gasteiger partial charge in [-0.05, 0) is 39.0 Å². The van der Waals surface area contributed by atoms with Gasteiger partial charge in [-0.2, -0.15) is 5.26 Å². The molecule has 0 bridgehead atoms. The molecular weight excluding hydrogens is 204 g/mol. The number of ether oxygens (including phenoxy) is 1. The number of esters is 1. The van der Waals surface area contributed by atoms with Gasteiger partial charge in [-0.1, -0.05) is 0 Å². The summed E-state index contributed by atoms with van der Waals surface area (Å²) in [5.41, 5.74) is 5.87. The summed E-state index contributed by atoms with van der Waals surface area (Å²) in [6, 6.07) is 6.45. The zero-order valence-corrected chi connectivity index (χ0v) is 9.57. The Morgan fingerprint density at radius 2 is 2.06 bits per heavy atom. The Morgan fingerprint density at radius 1 is 1.44 bits per heavy atom. The maximum absolute atomic E-state index is 11.7. The van der Waals surface area contributed by atoms with E-state index in [1.807, 2.05) is 6.07 Å². The van der Waals surface area contributed by atoms with Crippen LogP contribution in [0.15, 0.2) is 18.2 Å². The third-order valence-electron chi connectivity index (χ3n) is 1.78. The number of hydrogen-bond donors (Lipinski definition) is 1. The Labute approximate surface area is 94.6 Å². The van der Waals surface area contributed by atoms with Gasteiger partial charge in [0.2, 0.25) is 0 Å². The number of nitrogens with zero attached hydrogens (tertiary/aromatic N) is 1. The molecule has 16 heavy (non-hydrogen) atoms. The standard InChI is InChI=1S/C12H14N2O2/c1-12(2,3)16-11(15)10-5-4-9(14)6-8(10)7-13/h4-6H,14H2,1-3H3. The molecule has 4 heteroatoms. The average Bonchev–Trinajstić information content (AvgIpc) is 2.14. The Kier molecular flexibility index (Phi) is 3.19. The van der Waals surface area contributed by atoms with Crippen LogP contribution in [-0.2, 0) is 4.74 Å². The van der Waals surface area contributed by atoms with Gasteiger partial charge in [-0.3, -0.25) is 0 Å². The summed E-state index contributed by atoms with van der Waals surface area (Å²) < 4.78 is 5.18. The fraction of sp³-hybridized carbons (Fsp3) is 0.333. The lowest BCUT2D eigenvalue weighted by molar-refractivity contribution is 0.00693. The maximum atomic E-state index is 11.7. The molecule has 0 heterocycles. The number of anilines is 1. The molecule has 0 saturated heterocycles. The fourth-order valence-electron chi connectivity index (χ4n) is 1.17. The first-order valence-electron chi connectivity index (χ1n) is 4.86. The maximum Gasteiger partial charge on any atom is 0.340 e. The smallest absolute Gasteiger partial charge is 0.340 e. The van der Waals surface area contributed by atoms with Crippen molar-refractivity contribution >= 4 is 11.7 Å². The van der Waals surface area contributed by atoms with E-state index < -0.39 is 11.6 Å². The Bertz CT molecular complexity index is 453. The highest BCUT2D eigenvalue weighted by Crippen LogP contribution is 2.17. The summed E-state index contributed by atoms with van der Waals surface area (Å²) >= 11 is 0. The highest BCUT2D eigenvalue weighted by atomic mass is 16.6. The minimum atomic E-state index is -0.578. The molecule has 0 aromatic heterocycles. The molecule has 0 spiro atoms. The molecule has 2 N–H and O–H groups in total. The first kappa shape index (κ1) is 12.1. The highest BCUT2D eigenvalue weighted by Gasteiger charge is 2.20. The van der Waals surface area contributed by atoms with Gasteiger partial charge >= 0.3 is 5.97 Å². The zero-order valence-electron chi connectivity index (χ0n) is 9.57. The fourth-order valence-corrected chi connectivity index (χ4v) is 1.17. The van der Waals surface area contributed by atoms with Gasteiger partial charge in [0.15, 0.2) is 0 Å². The zero-order chi connectivity index (χ0) is 12.3. The van der Waals surface area contributed by atoms with Crippen LogP contribution in [0.3, 0.4) is 0 Å². The van der Waals surface area contributed by atoms with Gasteiger partial charge in [0, 0.05) is 5.69 Å². The number of carbonyl (C=O) groups excluding carboxylic acids is 1. The van der Waals surface area contributed by atoms with Crippen molar-refractivity contribution < 1.29 is 9.53 Å². The molecule has 0 aliphatic carbocycles. The molecule has 0 fully saturated rings. The molecule has 0 aliphatic heterocycles. The van der Waals surface area contributed by atoms with Crippen molar-refractivity contribution in [1.29, 1.82) is 5.26 Å². The van der Waals surface area contributed by atoms with Crippen molar-refractivity contribution in [3.05, 3.63) is 29.3 Å². The highest BCUT2D eigenvalue weighted by molar-refractivity contribution is 5.93. The molecule has 0 aliphatic rings. The predicted octanol–water partition coefficient (Wildman–Crippen LogP) is 2.10. The van der Waals surface area contributed by atoms with Crippen LogP contribution in [0.25, 0.3) is 0 Å². The molecule has 0 amide bonds. The summed E-state index contributed by atoms with van der Waals surface area (Å²) in [4.78, 5) is 11.7. The summed E-state index contributed by atoms with van der Waals surface area (Å²) in [5.74, 6) is -0.510. The van der Waals surface area contributed by atoms with E-state index in [-0.39, 0.29) is 11.1 Å². The second-order valence-electron chi connectivity index (χ2n) is 4.42. The number of nitrogens with two attached hydrogens (primary N) is 1. The van der Waals surface area contributed by atoms with Gasteiger partial charge < -0.3 is 10.5 Å².